The number of rotatable bonds is 15. The van der Waals surface area contributed by atoms with E-state index in [4.69, 9.17) is 0 Å². The van der Waals surface area contributed by atoms with Gasteiger partial charge in [0.1, 0.15) is 4.88 Å². The van der Waals surface area contributed by atoms with Crippen molar-refractivity contribution >= 4 is 39.8 Å². The molecule has 0 saturated carbocycles. The molecule has 0 spiro atoms. The van der Waals surface area contributed by atoms with E-state index in [1.165, 1.54) is 81.1 Å². The molecule has 1 aromatic heterocycles. The summed E-state index contributed by atoms with van der Waals surface area (Å²) in [5.74, 6) is -0.225. The molecule has 0 aliphatic rings. The third-order valence-corrected chi connectivity index (χ3v) is 8.24. The van der Waals surface area contributed by atoms with Gasteiger partial charge < -0.3 is 10.6 Å². The Labute approximate surface area is 244 Å². The van der Waals surface area contributed by atoms with Crippen molar-refractivity contribution in [2.75, 3.05) is 16.0 Å². The van der Waals surface area contributed by atoms with Gasteiger partial charge in [-0.3, -0.25) is 10.1 Å². The normalized spacial score (nSPS) is 10.9. The smallest absolute Gasteiger partial charge is 0.321 e. The first-order valence-electron chi connectivity index (χ1n) is 14.8. The zero-order valence-electron chi connectivity index (χ0n) is 24.9. The molecule has 0 bridgehead atoms. The summed E-state index contributed by atoms with van der Waals surface area (Å²) in [4.78, 5) is 30.4. The summed E-state index contributed by atoms with van der Waals surface area (Å²) >= 11 is 1.17. The zero-order valence-corrected chi connectivity index (χ0v) is 25.7. The Balaban J connectivity index is 1.41. The van der Waals surface area contributed by atoms with Crippen LogP contribution in [0.25, 0.3) is 0 Å². The van der Waals surface area contributed by atoms with E-state index in [0.29, 0.717) is 15.7 Å². The molecule has 3 rings (SSSR count). The van der Waals surface area contributed by atoms with Gasteiger partial charge >= 0.3 is 6.03 Å². The average molecular weight is 563 g/mol. The Hall–Kier alpha value is -3.19. The maximum atomic E-state index is 13.0. The van der Waals surface area contributed by atoms with Crippen molar-refractivity contribution in [1.29, 1.82) is 0 Å². The van der Waals surface area contributed by atoms with Crippen LogP contribution in [-0.4, -0.2) is 16.9 Å². The van der Waals surface area contributed by atoms with Gasteiger partial charge in [0.25, 0.3) is 5.91 Å². The molecule has 6 nitrogen and oxygen atoms in total. The molecule has 40 heavy (non-hydrogen) atoms. The second-order valence-corrected chi connectivity index (χ2v) is 11.9. The SMILES string of the molecule is CCCCCCCCCCCCc1ccc(NC(=O)Nc2nc(C)c(C(=O)Nc3c(C)cc(C)cc3C)s2)cc1. The molecule has 0 aliphatic heterocycles. The van der Waals surface area contributed by atoms with Crippen molar-refractivity contribution in [1.82, 2.24) is 4.98 Å². The highest BCUT2D eigenvalue weighted by molar-refractivity contribution is 7.17. The number of aryl methyl sites for hydroxylation is 5. The maximum Gasteiger partial charge on any atom is 0.325 e. The number of urea groups is 1. The van der Waals surface area contributed by atoms with Gasteiger partial charge in [-0.15, -0.1) is 0 Å². The van der Waals surface area contributed by atoms with Gasteiger partial charge in [0, 0.05) is 11.4 Å². The van der Waals surface area contributed by atoms with E-state index < -0.39 is 0 Å². The second kappa shape index (κ2) is 16.2. The molecule has 3 N–H and O–H groups in total. The lowest BCUT2D eigenvalue weighted by Gasteiger charge is -2.12. The van der Waals surface area contributed by atoms with Crippen LogP contribution in [0.15, 0.2) is 36.4 Å². The lowest BCUT2D eigenvalue weighted by Crippen LogP contribution is -2.19. The quantitative estimate of drug-likeness (QED) is 0.161. The first kappa shape index (κ1) is 31.3. The van der Waals surface area contributed by atoms with Gasteiger partial charge in [0.15, 0.2) is 5.13 Å². The van der Waals surface area contributed by atoms with Crippen molar-refractivity contribution in [3.8, 4) is 0 Å². The van der Waals surface area contributed by atoms with E-state index in [9.17, 15) is 9.59 Å². The molecule has 3 aromatic rings. The first-order valence-corrected chi connectivity index (χ1v) is 15.6. The van der Waals surface area contributed by atoms with Gasteiger partial charge in [0.05, 0.1) is 5.69 Å². The van der Waals surface area contributed by atoms with E-state index in [-0.39, 0.29) is 11.9 Å². The van der Waals surface area contributed by atoms with Gasteiger partial charge in [-0.05, 0) is 69.4 Å². The number of hydrogen-bond donors (Lipinski definition) is 3. The lowest BCUT2D eigenvalue weighted by molar-refractivity contribution is 0.102. The molecule has 0 atom stereocenters. The van der Waals surface area contributed by atoms with Crippen LogP contribution >= 0.6 is 11.3 Å². The predicted octanol–water partition coefficient (Wildman–Crippen LogP) is 9.74. The van der Waals surface area contributed by atoms with E-state index in [1.54, 1.807) is 6.92 Å². The van der Waals surface area contributed by atoms with Crippen LogP contribution < -0.4 is 16.0 Å². The fraction of sp³-hybridized carbons (Fsp3) is 0.485. The van der Waals surface area contributed by atoms with E-state index in [0.717, 1.165) is 34.5 Å². The zero-order chi connectivity index (χ0) is 28.9. The van der Waals surface area contributed by atoms with E-state index in [1.807, 2.05) is 45.0 Å². The average Bonchev–Trinajstić information content (AvgIpc) is 3.27. The number of nitrogens with one attached hydrogen (secondary N) is 3. The summed E-state index contributed by atoms with van der Waals surface area (Å²) < 4.78 is 0. The molecule has 3 amide bonds. The van der Waals surface area contributed by atoms with Gasteiger partial charge in [-0.2, -0.15) is 0 Å². The Morgan fingerprint density at radius 1 is 0.750 bits per heavy atom. The maximum absolute atomic E-state index is 13.0. The second-order valence-electron chi connectivity index (χ2n) is 10.9. The molecule has 2 aromatic carbocycles. The monoisotopic (exact) mass is 562 g/mol. The minimum Gasteiger partial charge on any atom is -0.321 e. The standard InChI is InChI=1S/C33H46N4O2S/c1-6-7-8-9-10-11-12-13-14-15-16-27-17-19-28(20-18-27)35-32(39)37-33-34-26(5)30(40-33)31(38)36-29-24(3)21-23(2)22-25(29)4/h17-22H,6-16H2,1-5H3,(H,36,38)(H2,34,35,37,39). The highest BCUT2D eigenvalue weighted by atomic mass is 32.1. The molecule has 1 heterocycles. The molecule has 0 unspecified atom stereocenters. The van der Waals surface area contributed by atoms with Crippen LogP contribution in [0, 0.1) is 27.7 Å². The number of amides is 3. The number of aromatic nitrogens is 1. The predicted molar refractivity (Wildman–Crippen MR) is 170 cm³/mol. The van der Waals surface area contributed by atoms with Crippen LogP contribution in [0.1, 0.15) is 109 Å². The number of hydrogen-bond acceptors (Lipinski definition) is 4. The summed E-state index contributed by atoms with van der Waals surface area (Å²) in [5, 5.41) is 9.02. The van der Waals surface area contributed by atoms with Crippen LogP contribution in [-0.2, 0) is 6.42 Å². The number of thiazole rings is 1. The largest absolute Gasteiger partial charge is 0.325 e. The lowest BCUT2D eigenvalue weighted by atomic mass is 10.0. The van der Waals surface area contributed by atoms with Gasteiger partial charge in [0.2, 0.25) is 0 Å². The van der Waals surface area contributed by atoms with E-state index in [2.05, 4.69) is 40.0 Å². The number of nitrogens with zero attached hydrogens (tertiary/aromatic N) is 1. The fourth-order valence-corrected chi connectivity index (χ4v) is 5.90. The Bertz CT molecular complexity index is 1230. The van der Waals surface area contributed by atoms with Gasteiger partial charge in [-0.1, -0.05) is 106 Å². The molecule has 0 saturated heterocycles. The summed E-state index contributed by atoms with van der Waals surface area (Å²) in [6.07, 6.45) is 14.4. The van der Waals surface area contributed by atoms with Crippen LogP contribution in [0.4, 0.5) is 21.3 Å². The number of unbranched alkanes of at least 4 members (excludes halogenated alkanes) is 9. The third-order valence-electron chi connectivity index (χ3n) is 7.17. The van der Waals surface area contributed by atoms with E-state index >= 15 is 0 Å². The summed E-state index contributed by atoms with van der Waals surface area (Å²) in [7, 11) is 0. The summed E-state index contributed by atoms with van der Waals surface area (Å²) in [6, 6.07) is 11.7. The summed E-state index contributed by atoms with van der Waals surface area (Å²) in [6.45, 7) is 10.0. The molecule has 0 radical (unpaired) electrons. The fourth-order valence-electron chi connectivity index (χ4n) is 5.04. The number of benzene rings is 2. The van der Waals surface area contributed by atoms with Crippen molar-refractivity contribution in [2.45, 2.75) is 105 Å². The molecule has 0 aliphatic carbocycles. The van der Waals surface area contributed by atoms with Gasteiger partial charge in [-0.25, -0.2) is 9.78 Å². The minimum absolute atomic E-state index is 0.225. The van der Waals surface area contributed by atoms with Crippen molar-refractivity contribution in [3.63, 3.8) is 0 Å². The van der Waals surface area contributed by atoms with Crippen LogP contribution in [0.3, 0.4) is 0 Å². The van der Waals surface area contributed by atoms with Crippen molar-refractivity contribution in [3.05, 3.63) is 69.2 Å². The Morgan fingerprint density at radius 2 is 1.32 bits per heavy atom. The number of carbonyl (C=O) groups excluding carboxylic acids is 2. The molecular formula is C33H46N4O2S. The third kappa shape index (κ3) is 10.1. The Morgan fingerprint density at radius 3 is 1.93 bits per heavy atom. The highest BCUT2D eigenvalue weighted by Gasteiger charge is 2.18. The molecule has 216 valence electrons. The highest BCUT2D eigenvalue weighted by Crippen LogP contribution is 2.27. The number of anilines is 3. The first-order chi connectivity index (χ1) is 19.3. The van der Waals surface area contributed by atoms with Crippen LogP contribution in [0.2, 0.25) is 0 Å². The molecule has 0 fully saturated rings. The van der Waals surface area contributed by atoms with Crippen molar-refractivity contribution in [2.24, 2.45) is 0 Å². The summed E-state index contributed by atoms with van der Waals surface area (Å²) in [5.41, 5.74) is 6.59. The molecule has 7 heteroatoms. The number of carbonyl (C=O) groups is 2. The molecular weight excluding hydrogens is 516 g/mol. The topological polar surface area (TPSA) is 83.1 Å². The van der Waals surface area contributed by atoms with Crippen molar-refractivity contribution < 1.29 is 9.59 Å². The minimum atomic E-state index is -0.381. The van der Waals surface area contributed by atoms with Crippen LogP contribution in [0.5, 0.6) is 0 Å². The Kier molecular flexibility index (Phi) is 12.7.